The van der Waals surface area contributed by atoms with Gasteiger partial charge >= 0.3 is 0 Å². The molecule has 0 aromatic heterocycles. The van der Waals surface area contributed by atoms with E-state index in [2.05, 4.69) is 5.32 Å². The van der Waals surface area contributed by atoms with Crippen molar-refractivity contribution in [2.45, 2.75) is 25.3 Å². The average molecular weight is 268 g/mol. The molecule has 104 valence electrons. The molecular weight excluding hydrogens is 250 g/mol. The normalized spacial score (nSPS) is 18.6. The Balaban J connectivity index is 1.88. The lowest BCUT2D eigenvalue weighted by molar-refractivity contribution is -0.131. The molecule has 19 heavy (non-hydrogen) atoms. The van der Waals surface area contributed by atoms with Gasteiger partial charge in [0.1, 0.15) is 11.6 Å². The van der Waals surface area contributed by atoms with E-state index in [1.807, 2.05) is 0 Å². The third-order valence-electron chi connectivity index (χ3n) is 3.47. The van der Waals surface area contributed by atoms with E-state index >= 15 is 0 Å². The second-order valence-corrected chi connectivity index (χ2v) is 4.89. The summed E-state index contributed by atoms with van der Waals surface area (Å²) in [5.74, 6) is -1.10. The molecule has 1 fully saturated rings. The van der Waals surface area contributed by atoms with Gasteiger partial charge in [0.25, 0.3) is 0 Å². The van der Waals surface area contributed by atoms with Gasteiger partial charge in [-0.1, -0.05) is 6.07 Å². The average Bonchev–Trinajstić information content (AvgIpc) is 2.90. The summed E-state index contributed by atoms with van der Waals surface area (Å²) < 4.78 is 26.2. The number of nitrogens with one attached hydrogen (secondary N) is 1. The summed E-state index contributed by atoms with van der Waals surface area (Å²) in [5.41, 5.74) is 0.431. The summed E-state index contributed by atoms with van der Waals surface area (Å²) >= 11 is 0. The largest absolute Gasteiger partial charge is 0.344 e. The van der Waals surface area contributed by atoms with Crippen LogP contribution in [0.15, 0.2) is 18.2 Å². The van der Waals surface area contributed by atoms with Crippen LogP contribution in [0.1, 0.15) is 18.4 Å². The predicted octanol–water partition coefficient (Wildman–Crippen LogP) is 1.72. The van der Waals surface area contributed by atoms with E-state index in [9.17, 15) is 13.6 Å². The Hall–Kier alpha value is -1.49. The quantitative estimate of drug-likeness (QED) is 0.901. The smallest absolute Gasteiger partial charge is 0.239 e. The van der Waals surface area contributed by atoms with Gasteiger partial charge in [-0.05, 0) is 37.4 Å². The molecule has 1 aromatic carbocycles. The van der Waals surface area contributed by atoms with Crippen molar-refractivity contribution in [1.82, 2.24) is 10.2 Å². The van der Waals surface area contributed by atoms with Gasteiger partial charge in [-0.3, -0.25) is 4.79 Å². The molecule has 1 atom stereocenters. The summed E-state index contributed by atoms with van der Waals surface area (Å²) in [6, 6.07) is 3.42. The van der Waals surface area contributed by atoms with Crippen molar-refractivity contribution in [3.05, 3.63) is 35.4 Å². The second kappa shape index (κ2) is 6.10. The molecule has 1 heterocycles. The molecule has 1 aliphatic rings. The van der Waals surface area contributed by atoms with Gasteiger partial charge in [-0.25, -0.2) is 8.78 Å². The van der Waals surface area contributed by atoms with Crippen molar-refractivity contribution < 1.29 is 13.6 Å². The van der Waals surface area contributed by atoms with Gasteiger partial charge in [0.05, 0.1) is 6.04 Å². The van der Waals surface area contributed by atoms with Gasteiger partial charge in [-0.15, -0.1) is 0 Å². The topological polar surface area (TPSA) is 32.3 Å². The lowest BCUT2D eigenvalue weighted by Gasteiger charge is -2.21. The molecule has 0 saturated carbocycles. The van der Waals surface area contributed by atoms with Gasteiger partial charge in [0, 0.05) is 19.7 Å². The van der Waals surface area contributed by atoms with Crippen LogP contribution in [-0.2, 0) is 11.2 Å². The Morgan fingerprint density at radius 1 is 1.47 bits per heavy atom. The first kappa shape index (κ1) is 13.9. The molecule has 3 nitrogen and oxygen atoms in total. The minimum absolute atomic E-state index is 0.0417. The number of benzene rings is 1. The molecule has 1 amide bonds. The van der Waals surface area contributed by atoms with Crippen LogP contribution in [0.3, 0.4) is 0 Å². The van der Waals surface area contributed by atoms with Crippen molar-refractivity contribution in [1.29, 1.82) is 0 Å². The van der Waals surface area contributed by atoms with E-state index in [1.54, 1.807) is 11.9 Å². The third kappa shape index (κ3) is 3.50. The summed E-state index contributed by atoms with van der Waals surface area (Å²) in [7, 11) is 1.71. The van der Waals surface area contributed by atoms with Crippen LogP contribution in [0.5, 0.6) is 0 Å². The summed E-state index contributed by atoms with van der Waals surface area (Å²) in [6.07, 6.45) is 2.26. The Kier molecular flexibility index (Phi) is 4.47. The third-order valence-corrected chi connectivity index (χ3v) is 3.47. The molecule has 1 saturated heterocycles. The van der Waals surface area contributed by atoms with Crippen molar-refractivity contribution in [3.8, 4) is 0 Å². The van der Waals surface area contributed by atoms with Crippen molar-refractivity contribution in [2.75, 3.05) is 20.1 Å². The fraction of sp³-hybridized carbons (Fsp3) is 0.500. The number of nitrogens with zero attached hydrogens (tertiary/aromatic N) is 1. The predicted molar refractivity (Wildman–Crippen MR) is 68.7 cm³/mol. The van der Waals surface area contributed by atoms with Crippen molar-refractivity contribution in [2.24, 2.45) is 0 Å². The number of hydrogen-bond donors (Lipinski definition) is 1. The molecule has 0 radical (unpaired) electrons. The zero-order chi connectivity index (χ0) is 13.8. The maximum Gasteiger partial charge on any atom is 0.239 e. The van der Waals surface area contributed by atoms with E-state index in [4.69, 9.17) is 0 Å². The molecule has 0 spiro atoms. The SMILES string of the molecule is CN(CCc1ccc(F)cc1F)C(=O)C1CCCN1. The maximum absolute atomic E-state index is 13.4. The van der Waals surface area contributed by atoms with Gasteiger partial charge in [-0.2, -0.15) is 0 Å². The first-order valence-electron chi connectivity index (χ1n) is 6.50. The Bertz CT molecular complexity index is 459. The standard InChI is InChI=1S/C14H18F2N2O/c1-18(14(19)13-3-2-7-17-13)8-6-10-4-5-11(15)9-12(10)16/h4-5,9,13,17H,2-3,6-8H2,1H3. The van der Waals surface area contributed by atoms with E-state index in [-0.39, 0.29) is 11.9 Å². The van der Waals surface area contributed by atoms with E-state index in [0.717, 1.165) is 25.5 Å². The highest BCUT2D eigenvalue weighted by Crippen LogP contribution is 2.12. The number of halogens is 2. The van der Waals surface area contributed by atoms with Crippen LogP contribution < -0.4 is 5.32 Å². The highest BCUT2D eigenvalue weighted by Gasteiger charge is 2.24. The number of likely N-dealkylation sites (N-methyl/N-ethyl adjacent to an activating group) is 1. The molecule has 0 bridgehead atoms. The molecule has 1 aromatic rings. The summed E-state index contributed by atoms with van der Waals surface area (Å²) in [5, 5.41) is 3.14. The summed E-state index contributed by atoms with van der Waals surface area (Å²) in [4.78, 5) is 13.6. The van der Waals surface area contributed by atoms with Crippen LogP contribution in [-0.4, -0.2) is 37.0 Å². The zero-order valence-corrected chi connectivity index (χ0v) is 11.0. The first-order chi connectivity index (χ1) is 9.08. The van der Waals surface area contributed by atoms with Gasteiger partial charge < -0.3 is 10.2 Å². The highest BCUT2D eigenvalue weighted by molar-refractivity contribution is 5.81. The molecule has 1 aliphatic heterocycles. The fourth-order valence-electron chi connectivity index (χ4n) is 2.28. The molecular formula is C14H18F2N2O. The number of hydrogen-bond acceptors (Lipinski definition) is 2. The van der Waals surface area contributed by atoms with Crippen LogP contribution in [0.2, 0.25) is 0 Å². The monoisotopic (exact) mass is 268 g/mol. The van der Waals surface area contributed by atoms with Crippen molar-refractivity contribution in [3.63, 3.8) is 0 Å². The zero-order valence-electron chi connectivity index (χ0n) is 11.0. The first-order valence-corrected chi connectivity index (χ1v) is 6.50. The molecule has 1 N–H and O–H groups in total. The van der Waals surface area contributed by atoms with E-state index in [1.165, 1.54) is 12.1 Å². The Morgan fingerprint density at radius 2 is 2.26 bits per heavy atom. The number of rotatable bonds is 4. The Morgan fingerprint density at radius 3 is 2.89 bits per heavy atom. The maximum atomic E-state index is 13.4. The Labute approximate surface area is 111 Å². The lowest BCUT2D eigenvalue weighted by Crippen LogP contribution is -2.42. The van der Waals surface area contributed by atoms with E-state index in [0.29, 0.717) is 18.5 Å². The molecule has 2 rings (SSSR count). The van der Waals surface area contributed by atoms with Gasteiger partial charge in [0.2, 0.25) is 5.91 Å². The van der Waals surface area contributed by atoms with Crippen LogP contribution in [0.25, 0.3) is 0 Å². The number of amides is 1. The minimum atomic E-state index is -0.583. The summed E-state index contributed by atoms with van der Waals surface area (Å²) in [6.45, 7) is 1.30. The lowest BCUT2D eigenvalue weighted by atomic mass is 10.1. The van der Waals surface area contributed by atoms with Gasteiger partial charge in [0.15, 0.2) is 0 Å². The van der Waals surface area contributed by atoms with Crippen LogP contribution in [0, 0.1) is 11.6 Å². The molecule has 5 heteroatoms. The highest BCUT2D eigenvalue weighted by atomic mass is 19.1. The fourth-order valence-corrected chi connectivity index (χ4v) is 2.28. The number of carbonyl (C=O) groups is 1. The van der Waals surface area contributed by atoms with E-state index < -0.39 is 11.6 Å². The number of carbonyl (C=O) groups excluding carboxylic acids is 1. The van der Waals surface area contributed by atoms with Crippen molar-refractivity contribution >= 4 is 5.91 Å². The van der Waals surface area contributed by atoms with Crippen LogP contribution >= 0.6 is 0 Å². The second-order valence-electron chi connectivity index (χ2n) is 4.89. The van der Waals surface area contributed by atoms with Crippen LogP contribution in [0.4, 0.5) is 8.78 Å². The molecule has 0 aliphatic carbocycles. The minimum Gasteiger partial charge on any atom is -0.344 e. The molecule has 1 unspecified atom stereocenters.